The van der Waals surface area contributed by atoms with Gasteiger partial charge in [-0.15, -0.1) is 0 Å². The fourth-order valence-electron chi connectivity index (χ4n) is 2.33. The number of carbonyl (C=O) groups is 1. The van der Waals surface area contributed by atoms with Gasteiger partial charge >= 0.3 is 5.97 Å². The Morgan fingerprint density at radius 2 is 2.23 bits per heavy atom. The Labute approximate surface area is 135 Å². The summed E-state index contributed by atoms with van der Waals surface area (Å²) in [6.07, 6.45) is 3.16. The number of halogens is 1. The molecule has 1 aromatic carbocycles. The Balaban J connectivity index is 2.08. The van der Waals surface area contributed by atoms with Crippen LogP contribution in [0.25, 0.3) is 0 Å². The van der Waals surface area contributed by atoms with Gasteiger partial charge < -0.3 is 10.1 Å². The molecule has 6 nitrogen and oxygen atoms in total. The van der Waals surface area contributed by atoms with Gasteiger partial charge in [0.1, 0.15) is 0 Å². The maximum atomic E-state index is 12.3. The minimum Gasteiger partial charge on any atom is -0.465 e. The number of rotatable bonds is 5. The van der Waals surface area contributed by atoms with Gasteiger partial charge in [-0.3, -0.25) is 0 Å². The van der Waals surface area contributed by atoms with E-state index < -0.39 is 16.0 Å². The quantitative estimate of drug-likeness (QED) is 0.790. The van der Waals surface area contributed by atoms with Crippen LogP contribution in [0.3, 0.4) is 0 Å². The molecule has 1 atom stereocenters. The molecule has 0 saturated carbocycles. The predicted octanol–water partition coefficient (Wildman–Crippen LogP) is 1.55. The first-order chi connectivity index (χ1) is 10.4. The number of benzene rings is 1. The highest BCUT2D eigenvalue weighted by Gasteiger charge is 2.20. The third-order valence-electron chi connectivity index (χ3n) is 3.59. The number of carbonyl (C=O) groups excluding carboxylic acids is 1. The number of sulfonamides is 1. The number of piperidine rings is 1. The summed E-state index contributed by atoms with van der Waals surface area (Å²) in [4.78, 5) is 11.5. The van der Waals surface area contributed by atoms with Crippen LogP contribution in [0.5, 0.6) is 0 Å². The minimum atomic E-state index is -3.66. The van der Waals surface area contributed by atoms with Crippen LogP contribution in [-0.2, 0) is 14.8 Å². The zero-order chi connectivity index (χ0) is 16.2. The summed E-state index contributed by atoms with van der Waals surface area (Å²) in [5.74, 6) is -0.603. The fraction of sp³-hybridized carbons (Fsp3) is 0.500. The molecule has 0 radical (unpaired) electrons. The first-order valence-corrected chi connectivity index (χ1v) is 8.91. The highest BCUT2D eigenvalue weighted by Crippen LogP contribution is 2.21. The van der Waals surface area contributed by atoms with Crippen molar-refractivity contribution in [2.24, 2.45) is 0 Å². The predicted molar refractivity (Wildman–Crippen MR) is 83.6 cm³/mol. The van der Waals surface area contributed by atoms with Gasteiger partial charge in [0.15, 0.2) is 0 Å². The molecule has 1 fully saturated rings. The molecule has 1 aromatic rings. The molecular formula is C14H19ClN2O4S. The molecular weight excluding hydrogens is 328 g/mol. The summed E-state index contributed by atoms with van der Waals surface area (Å²) < 4.78 is 31.7. The number of hydrogen-bond acceptors (Lipinski definition) is 5. The van der Waals surface area contributed by atoms with Gasteiger partial charge in [-0.1, -0.05) is 18.0 Å². The summed E-state index contributed by atoms with van der Waals surface area (Å²) in [6, 6.07) is 4.09. The van der Waals surface area contributed by atoms with Gasteiger partial charge in [0.05, 0.1) is 22.6 Å². The summed E-state index contributed by atoms with van der Waals surface area (Å²) in [5, 5.41) is 3.32. The van der Waals surface area contributed by atoms with Crippen molar-refractivity contribution in [3.63, 3.8) is 0 Å². The van der Waals surface area contributed by atoms with E-state index in [1.54, 1.807) is 0 Å². The Morgan fingerprint density at radius 3 is 2.82 bits per heavy atom. The van der Waals surface area contributed by atoms with Crippen LogP contribution in [0.15, 0.2) is 23.1 Å². The second kappa shape index (κ2) is 7.41. The average Bonchev–Trinajstić information content (AvgIpc) is 2.53. The minimum absolute atomic E-state index is 0.0287. The van der Waals surface area contributed by atoms with Crippen LogP contribution in [-0.4, -0.2) is 40.6 Å². The molecule has 1 aliphatic heterocycles. The van der Waals surface area contributed by atoms with Crippen molar-refractivity contribution in [3.8, 4) is 0 Å². The molecule has 22 heavy (non-hydrogen) atoms. The smallest absolute Gasteiger partial charge is 0.339 e. The van der Waals surface area contributed by atoms with Gasteiger partial charge in [0, 0.05) is 12.6 Å². The van der Waals surface area contributed by atoms with Crippen molar-refractivity contribution in [2.75, 3.05) is 20.2 Å². The molecule has 8 heteroatoms. The Hall–Kier alpha value is -1.15. The summed E-state index contributed by atoms with van der Waals surface area (Å²) >= 11 is 5.95. The van der Waals surface area contributed by atoms with Crippen molar-refractivity contribution in [3.05, 3.63) is 28.8 Å². The van der Waals surface area contributed by atoms with Crippen LogP contribution < -0.4 is 10.0 Å². The molecule has 0 spiro atoms. The molecule has 0 aliphatic carbocycles. The molecule has 1 aliphatic rings. The highest BCUT2D eigenvalue weighted by atomic mass is 35.5. The Bertz CT molecular complexity index is 642. The maximum absolute atomic E-state index is 12.3. The van der Waals surface area contributed by atoms with Gasteiger partial charge in [0.25, 0.3) is 0 Å². The average molecular weight is 347 g/mol. The van der Waals surface area contributed by atoms with Crippen molar-refractivity contribution in [2.45, 2.75) is 30.2 Å². The van der Waals surface area contributed by atoms with Crippen molar-refractivity contribution in [1.29, 1.82) is 0 Å². The van der Waals surface area contributed by atoms with Gasteiger partial charge in [0.2, 0.25) is 10.0 Å². The monoisotopic (exact) mass is 346 g/mol. The number of ether oxygens (including phenoxy) is 1. The van der Waals surface area contributed by atoms with E-state index in [-0.39, 0.29) is 21.5 Å². The Morgan fingerprint density at radius 1 is 1.45 bits per heavy atom. The number of nitrogens with one attached hydrogen (secondary N) is 2. The van der Waals surface area contributed by atoms with E-state index in [4.69, 9.17) is 11.6 Å². The fourth-order valence-corrected chi connectivity index (χ4v) is 3.76. The maximum Gasteiger partial charge on any atom is 0.339 e. The van der Waals surface area contributed by atoms with E-state index >= 15 is 0 Å². The second-order valence-electron chi connectivity index (χ2n) is 5.13. The standard InChI is InChI=1S/C14H19ClN2O4S/c1-21-14(18)12-6-5-11(8-13(12)15)22(19,20)17-9-10-4-2-3-7-16-10/h5-6,8,10,16-17H,2-4,7,9H2,1H3/t10-/m1/s1. The van der Waals surface area contributed by atoms with E-state index in [2.05, 4.69) is 14.8 Å². The van der Waals surface area contributed by atoms with Gasteiger partial charge in [-0.05, 0) is 37.6 Å². The second-order valence-corrected chi connectivity index (χ2v) is 7.31. The first kappa shape index (κ1) is 17.2. The van der Waals surface area contributed by atoms with E-state index in [0.717, 1.165) is 25.8 Å². The van der Waals surface area contributed by atoms with Gasteiger partial charge in [-0.25, -0.2) is 17.9 Å². The van der Waals surface area contributed by atoms with Crippen LogP contribution in [0.1, 0.15) is 29.6 Å². The SMILES string of the molecule is COC(=O)c1ccc(S(=O)(=O)NC[C@H]2CCCCN2)cc1Cl. The third-order valence-corrected chi connectivity index (χ3v) is 5.32. The van der Waals surface area contributed by atoms with Gasteiger partial charge in [-0.2, -0.15) is 0 Å². The van der Waals surface area contributed by atoms with E-state index in [0.29, 0.717) is 6.54 Å². The summed E-state index contributed by atoms with van der Waals surface area (Å²) in [7, 11) is -2.42. The molecule has 0 unspecified atom stereocenters. The summed E-state index contributed by atoms with van der Waals surface area (Å²) in [6.45, 7) is 1.24. The van der Waals surface area contributed by atoms with Crippen LogP contribution in [0.4, 0.5) is 0 Å². The van der Waals surface area contributed by atoms with E-state index in [1.165, 1.54) is 25.3 Å². The molecule has 0 aromatic heterocycles. The largest absolute Gasteiger partial charge is 0.465 e. The lowest BCUT2D eigenvalue weighted by Gasteiger charge is -2.23. The van der Waals surface area contributed by atoms with Crippen LogP contribution in [0.2, 0.25) is 5.02 Å². The van der Waals surface area contributed by atoms with E-state index in [1.807, 2.05) is 0 Å². The first-order valence-electron chi connectivity index (χ1n) is 7.05. The van der Waals surface area contributed by atoms with Crippen LogP contribution >= 0.6 is 11.6 Å². The molecule has 2 N–H and O–H groups in total. The topological polar surface area (TPSA) is 84.5 Å². The molecule has 122 valence electrons. The lowest BCUT2D eigenvalue weighted by Crippen LogP contribution is -2.43. The highest BCUT2D eigenvalue weighted by molar-refractivity contribution is 7.89. The van der Waals surface area contributed by atoms with Crippen molar-refractivity contribution < 1.29 is 17.9 Å². The van der Waals surface area contributed by atoms with Crippen molar-refractivity contribution >= 4 is 27.6 Å². The molecule has 1 heterocycles. The molecule has 2 rings (SSSR count). The Kier molecular flexibility index (Phi) is 5.80. The number of hydrogen-bond donors (Lipinski definition) is 2. The van der Waals surface area contributed by atoms with E-state index in [9.17, 15) is 13.2 Å². The number of esters is 1. The normalized spacial score (nSPS) is 18.9. The zero-order valence-corrected chi connectivity index (χ0v) is 13.8. The third kappa shape index (κ3) is 4.19. The number of methoxy groups -OCH3 is 1. The lowest BCUT2D eigenvalue weighted by molar-refractivity contribution is 0.0601. The molecule has 1 saturated heterocycles. The zero-order valence-electron chi connectivity index (χ0n) is 12.3. The molecule has 0 bridgehead atoms. The lowest BCUT2D eigenvalue weighted by atomic mass is 10.1. The van der Waals surface area contributed by atoms with Crippen molar-refractivity contribution in [1.82, 2.24) is 10.0 Å². The van der Waals surface area contributed by atoms with Crippen LogP contribution in [0, 0.1) is 0 Å². The summed E-state index contributed by atoms with van der Waals surface area (Å²) in [5.41, 5.74) is 0.136. The molecule has 0 amide bonds.